The van der Waals surface area contributed by atoms with Gasteiger partial charge in [0.15, 0.2) is 5.11 Å². The zero-order valence-electron chi connectivity index (χ0n) is 9.77. The molecule has 0 spiro atoms. The van der Waals surface area contributed by atoms with Crippen LogP contribution in [0.25, 0.3) is 0 Å². The molecule has 0 saturated heterocycles. The number of rotatable bonds is 2. The summed E-state index contributed by atoms with van der Waals surface area (Å²) in [7, 11) is 0. The molecule has 0 amide bonds. The average molecular weight is 278 g/mol. The third-order valence-corrected chi connectivity index (χ3v) is 2.67. The molecule has 2 N–H and O–H groups in total. The Morgan fingerprint density at radius 1 is 1.22 bits per heavy atom. The van der Waals surface area contributed by atoms with Crippen molar-refractivity contribution in [3.63, 3.8) is 0 Å². The number of thiocarbonyl (C=S) groups is 1. The van der Waals surface area contributed by atoms with Gasteiger partial charge in [-0.05, 0) is 49.0 Å². The number of aryl methyl sites for hydroxylation is 1. The predicted molar refractivity (Wildman–Crippen MR) is 80.3 cm³/mol. The van der Waals surface area contributed by atoms with Gasteiger partial charge in [-0.25, -0.2) is 4.98 Å². The average Bonchev–Trinajstić information content (AvgIpc) is 2.32. The first kappa shape index (κ1) is 12.8. The molecule has 2 rings (SSSR count). The third-order valence-electron chi connectivity index (χ3n) is 2.24. The summed E-state index contributed by atoms with van der Waals surface area (Å²) in [4.78, 5) is 4.11. The van der Waals surface area contributed by atoms with E-state index in [1.165, 1.54) is 5.56 Å². The first-order valence-electron chi connectivity index (χ1n) is 5.40. The highest BCUT2D eigenvalue weighted by atomic mass is 35.5. The van der Waals surface area contributed by atoms with E-state index in [4.69, 9.17) is 23.8 Å². The molecule has 1 aromatic carbocycles. The zero-order chi connectivity index (χ0) is 13.0. The second-order valence-electron chi connectivity index (χ2n) is 3.81. The Labute approximate surface area is 116 Å². The Kier molecular flexibility index (Phi) is 4.12. The molecule has 1 aromatic heterocycles. The van der Waals surface area contributed by atoms with E-state index in [-0.39, 0.29) is 0 Å². The van der Waals surface area contributed by atoms with Crippen LogP contribution in [0.15, 0.2) is 42.6 Å². The summed E-state index contributed by atoms with van der Waals surface area (Å²) in [5.41, 5.74) is 2.12. The van der Waals surface area contributed by atoms with E-state index in [1.807, 2.05) is 31.2 Å². The maximum Gasteiger partial charge on any atom is 0.176 e. The lowest BCUT2D eigenvalue weighted by Gasteiger charge is -2.10. The predicted octanol–water partition coefficient (Wildman–Crippen LogP) is 3.85. The lowest BCUT2D eigenvalue weighted by atomic mass is 10.2. The number of nitrogens with zero attached hydrogens (tertiary/aromatic N) is 1. The van der Waals surface area contributed by atoms with Crippen LogP contribution in [-0.4, -0.2) is 10.1 Å². The van der Waals surface area contributed by atoms with Gasteiger partial charge in [0, 0.05) is 11.9 Å². The minimum absolute atomic E-state index is 0.496. The van der Waals surface area contributed by atoms with Crippen molar-refractivity contribution >= 4 is 40.4 Å². The molecule has 3 nitrogen and oxygen atoms in total. The van der Waals surface area contributed by atoms with Gasteiger partial charge in [-0.3, -0.25) is 0 Å². The fraction of sp³-hybridized carbons (Fsp3) is 0.0769. The van der Waals surface area contributed by atoms with Gasteiger partial charge in [-0.15, -0.1) is 0 Å². The molecule has 18 heavy (non-hydrogen) atoms. The molecule has 0 aliphatic rings. The summed E-state index contributed by atoms with van der Waals surface area (Å²) >= 11 is 11.0. The van der Waals surface area contributed by atoms with Crippen molar-refractivity contribution in [1.82, 2.24) is 4.98 Å². The third kappa shape index (κ3) is 3.68. The maximum absolute atomic E-state index is 5.76. The maximum atomic E-state index is 5.76. The number of aromatic nitrogens is 1. The molecule has 0 aliphatic heterocycles. The van der Waals surface area contributed by atoms with Gasteiger partial charge in [0.25, 0.3) is 0 Å². The van der Waals surface area contributed by atoms with Gasteiger partial charge in [-0.2, -0.15) is 0 Å². The van der Waals surface area contributed by atoms with E-state index in [2.05, 4.69) is 15.6 Å². The fourth-order valence-electron chi connectivity index (χ4n) is 1.45. The summed E-state index contributed by atoms with van der Waals surface area (Å²) in [5.74, 6) is 0.657. The van der Waals surface area contributed by atoms with E-state index < -0.39 is 0 Å². The molecule has 0 unspecified atom stereocenters. The Morgan fingerprint density at radius 3 is 2.72 bits per heavy atom. The molecule has 1 heterocycles. The summed E-state index contributed by atoms with van der Waals surface area (Å²) in [6.45, 7) is 2.03. The molecule has 0 saturated carbocycles. The van der Waals surface area contributed by atoms with E-state index in [0.717, 1.165) is 5.69 Å². The van der Waals surface area contributed by atoms with E-state index in [0.29, 0.717) is 16.0 Å². The number of nitrogens with one attached hydrogen (secondary N) is 2. The van der Waals surface area contributed by atoms with Crippen LogP contribution in [0, 0.1) is 6.92 Å². The van der Waals surface area contributed by atoms with Gasteiger partial charge in [-0.1, -0.05) is 23.7 Å². The van der Waals surface area contributed by atoms with E-state index in [1.54, 1.807) is 18.3 Å². The second kappa shape index (κ2) is 5.80. The molecule has 0 atom stereocenters. The Balaban J connectivity index is 1.98. The highest BCUT2D eigenvalue weighted by molar-refractivity contribution is 7.80. The minimum atomic E-state index is 0.496. The van der Waals surface area contributed by atoms with Crippen molar-refractivity contribution in [1.29, 1.82) is 0 Å². The Bertz CT molecular complexity index is 554. The molecule has 92 valence electrons. The van der Waals surface area contributed by atoms with Crippen molar-refractivity contribution in [2.24, 2.45) is 0 Å². The lowest BCUT2D eigenvalue weighted by Crippen LogP contribution is -2.19. The van der Waals surface area contributed by atoms with Crippen molar-refractivity contribution in [3.05, 3.63) is 53.2 Å². The van der Waals surface area contributed by atoms with Gasteiger partial charge < -0.3 is 10.6 Å². The Morgan fingerprint density at radius 2 is 2.06 bits per heavy atom. The van der Waals surface area contributed by atoms with Crippen LogP contribution >= 0.6 is 23.8 Å². The van der Waals surface area contributed by atoms with Crippen LogP contribution in [0.2, 0.25) is 5.02 Å². The number of halogens is 1. The lowest BCUT2D eigenvalue weighted by molar-refractivity contribution is 1.32. The SMILES string of the molecule is Cc1cccc(NC(=S)Nc2ccc(Cl)cn2)c1. The molecule has 0 aliphatic carbocycles. The van der Waals surface area contributed by atoms with Gasteiger partial charge in [0.1, 0.15) is 5.82 Å². The van der Waals surface area contributed by atoms with Crippen LogP contribution < -0.4 is 10.6 Å². The van der Waals surface area contributed by atoms with Crippen molar-refractivity contribution in [2.75, 3.05) is 10.6 Å². The first-order valence-corrected chi connectivity index (χ1v) is 6.18. The first-order chi connectivity index (χ1) is 8.63. The van der Waals surface area contributed by atoms with Gasteiger partial charge in [0.2, 0.25) is 0 Å². The number of benzene rings is 1. The van der Waals surface area contributed by atoms with Crippen LogP contribution in [0.1, 0.15) is 5.56 Å². The molecule has 5 heteroatoms. The summed E-state index contributed by atoms with van der Waals surface area (Å²) in [6.07, 6.45) is 1.57. The molecule has 0 radical (unpaired) electrons. The zero-order valence-corrected chi connectivity index (χ0v) is 11.3. The standard InChI is InChI=1S/C13H12ClN3S/c1-9-3-2-4-11(7-9)16-13(18)17-12-6-5-10(14)8-15-12/h2-8H,1H3,(H2,15,16,17,18). The number of anilines is 2. The van der Waals surface area contributed by atoms with E-state index in [9.17, 15) is 0 Å². The topological polar surface area (TPSA) is 37.0 Å². The van der Waals surface area contributed by atoms with Gasteiger partial charge in [0.05, 0.1) is 5.02 Å². The quantitative estimate of drug-likeness (QED) is 0.818. The number of pyridine rings is 1. The van der Waals surface area contributed by atoms with Crippen LogP contribution in [0.3, 0.4) is 0 Å². The largest absolute Gasteiger partial charge is 0.332 e. The summed E-state index contributed by atoms with van der Waals surface area (Å²) < 4.78 is 0. The highest BCUT2D eigenvalue weighted by Crippen LogP contribution is 2.12. The minimum Gasteiger partial charge on any atom is -0.332 e. The van der Waals surface area contributed by atoms with Crippen molar-refractivity contribution < 1.29 is 0 Å². The van der Waals surface area contributed by atoms with Crippen molar-refractivity contribution in [2.45, 2.75) is 6.92 Å². The summed E-state index contributed by atoms with van der Waals surface area (Å²) in [6, 6.07) is 11.5. The monoisotopic (exact) mass is 277 g/mol. The van der Waals surface area contributed by atoms with Gasteiger partial charge >= 0.3 is 0 Å². The van der Waals surface area contributed by atoms with Crippen LogP contribution in [0.5, 0.6) is 0 Å². The van der Waals surface area contributed by atoms with Crippen LogP contribution in [-0.2, 0) is 0 Å². The number of hydrogen-bond donors (Lipinski definition) is 2. The molecule has 0 fully saturated rings. The smallest absolute Gasteiger partial charge is 0.176 e. The molecule has 2 aromatic rings. The molecular weight excluding hydrogens is 266 g/mol. The Hall–Kier alpha value is -1.65. The number of hydrogen-bond acceptors (Lipinski definition) is 2. The second-order valence-corrected chi connectivity index (χ2v) is 4.65. The molecule has 0 bridgehead atoms. The summed E-state index contributed by atoms with van der Waals surface area (Å²) in [5, 5.41) is 7.17. The van der Waals surface area contributed by atoms with E-state index >= 15 is 0 Å². The van der Waals surface area contributed by atoms with Crippen molar-refractivity contribution in [3.8, 4) is 0 Å². The highest BCUT2D eigenvalue weighted by Gasteiger charge is 2.00. The normalized spacial score (nSPS) is 9.89. The molecular formula is C13H12ClN3S. The fourth-order valence-corrected chi connectivity index (χ4v) is 1.79. The van der Waals surface area contributed by atoms with Crippen LogP contribution in [0.4, 0.5) is 11.5 Å².